The molecule has 88 valence electrons. The Hall–Kier alpha value is -2.05. The molecule has 0 aliphatic carbocycles. The molecule has 18 heavy (non-hydrogen) atoms. The third-order valence-corrected chi connectivity index (χ3v) is 2.99. The van der Waals surface area contributed by atoms with Crippen molar-refractivity contribution < 1.29 is 5.11 Å². The molecule has 0 aromatic heterocycles. The summed E-state index contributed by atoms with van der Waals surface area (Å²) in [4.78, 5) is 0. The lowest BCUT2D eigenvalue weighted by Gasteiger charge is -2.00. The number of hydrogen-bond donors (Lipinski definition) is 1. The summed E-state index contributed by atoms with van der Waals surface area (Å²) in [6, 6.07) is 16.5. The minimum atomic E-state index is 0.192. The van der Waals surface area contributed by atoms with Gasteiger partial charge in [-0.15, -0.1) is 0 Å². The van der Waals surface area contributed by atoms with Crippen molar-refractivity contribution in [3.63, 3.8) is 0 Å². The molecule has 0 bridgehead atoms. The van der Waals surface area contributed by atoms with Gasteiger partial charge in [0.15, 0.2) is 0 Å². The summed E-state index contributed by atoms with van der Waals surface area (Å²) in [5, 5.41) is 18.6. The molecule has 1 N–H and O–H groups in total. The normalized spacial score (nSPS) is 11.0. The van der Waals surface area contributed by atoms with Gasteiger partial charge in [0.1, 0.15) is 5.75 Å². The maximum Gasteiger partial charge on any atom is 0.116 e. The highest BCUT2D eigenvalue weighted by Gasteiger charge is 2.01. The fraction of sp³-hybridized carbons (Fsp3) is 0. The van der Waals surface area contributed by atoms with Gasteiger partial charge in [0, 0.05) is 4.47 Å². The first-order valence-electron chi connectivity index (χ1n) is 5.36. The van der Waals surface area contributed by atoms with Gasteiger partial charge >= 0.3 is 0 Å². The lowest BCUT2D eigenvalue weighted by Crippen LogP contribution is -1.81. The van der Waals surface area contributed by atoms with Crippen LogP contribution in [0.5, 0.6) is 5.75 Å². The number of halogens is 1. The molecule has 0 aliphatic heterocycles. The maximum atomic E-state index is 9.39. The van der Waals surface area contributed by atoms with Crippen molar-refractivity contribution in [1.29, 1.82) is 5.26 Å². The zero-order valence-electron chi connectivity index (χ0n) is 9.47. The van der Waals surface area contributed by atoms with Gasteiger partial charge in [-0.2, -0.15) is 5.26 Å². The number of phenols is 1. The molecule has 2 nitrogen and oxygen atoms in total. The van der Waals surface area contributed by atoms with Gasteiger partial charge in [-0.25, -0.2) is 0 Å². The van der Waals surface area contributed by atoms with Crippen LogP contribution in [0.15, 0.2) is 53.0 Å². The number of phenolic OH excluding ortho intramolecular Hbond substituents is 1. The molecule has 0 fully saturated rings. The number of nitrogens with zero attached hydrogens (tertiary/aromatic N) is 1. The fourth-order valence-electron chi connectivity index (χ4n) is 1.59. The van der Waals surface area contributed by atoms with E-state index in [1.807, 2.05) is 30.3 Å². The summed E-state index contributed by atoms with van der Waals surface area (Å²) < 4.78 is 0.973. The first kappa shape index (κ1) is 12.4. The molecule has 0 heterocycles. The third-order valence-electron chi connectivity index (χ3n) is 2.46. The molecular formula is C15H10BrNO. The predicted molar refractivity (Wildman–Crippen MR) is 75.7 cm³/mol. The summed E-state index contributed by atoms with van der Waals surface area (Å²) in [6.07, 6.45) is 1.75. The highest BCUT2D eigenvalue weighted by atomic mass is 79.9. The summed E-state index contributed by atoms with van der Waals surface area (Å²) in [5.41, 5.74) is 2.21. The smallest absolute Gasteiger partial charge is 0.116 e. The Kier molecular flexibility index (Phi) is 3.81. The molecule has 0 atom stereocenters. The minimum absolute atomic E-state index is 0.192. The molecule has 0 aliphatic rings. The van der Waals surface area contributed by atoms with Crippen molar-refractivity contribution in [2.45, 2.75) is 0 Å². The van der Waals surface area contributed by atoms with Crippen LogP contribution in [0.3, 0.4) is 0 Å². The monoisotopic (exact) mass is 299 g/mol. The Morgan fingerprint density at radius 2 is 1.89 bits per heavy atom. The molecule has 2 aromatic rings. The van der Waals surface area contributed by atoms with E-state index in [1.54, 1.807) is 24.3 Å². The summed E-state index contributed by atoms with van der Waals surface area (Å²) >= 11 is 3.36. The van der Waals surface area contributed by atoms with Crippen LogP contribution < -0.4 is 0 Å². The number of benzene rings is 2. The van der Waals surface area contributed by atoms with Crippen LogP contribution in [0.2, 0.25) is 0 Å². The van der Waals surface area contributed by atoms with Crippen molar-refractivity contribution in [2.75, 3.05) is 0 Å². The second-order valence-electron chi connectivity index (χ2n) is 3.77. The van der Waals surface area contributed by atoms with E-state index in [4.69, 9.17) is 0 Å². The first-order chi connectivity index (χ1) is 8.69. The van der Waals surface area contributed by atoms with Crippen LogP contribution in [0.1, 0.15) is 11.1 Å². The summed E-state index contributed by atoms with van der Waals surface area (Å²) in [7, 11) is 0. The van der Waals surface area contributed by atoms with Crippen LogP contribution in [-0.2, 0) is 0 Å². The van der Waals surface area contributed by atoms with E-state index < -0.39 is 0 Å². The number of hydrogen-bond acceptors (Lipinski definition) is 2. The molecule has 0 unspecified atom stereocenters. The zero-order valence-corrected chi connectivity index (χ0v) is 11.1. The van der Waals surface area contributed by atoms with E-state index in [-0.39, 0.29) is 5.75 Å². The third kappa shape index (κ3) is 2.99. The minimum Gasteiger partial charge on any atom is -0.508 e. The largest absolute Gasteiger partial charge is 0.508 e. The van der Waals surface area contributed by atoms with Gasteiger partial charge in [0.05, 0.1) is 11.6 Å². The standard InChI is InChI=1S/C15H10BrNO/c16-14-6-4-12(5-7-14)13(10-17)8-11-2-1-3-15(18)9-11/h1-9,18H/b13-8-. The van der Waals surface area contributed by atoms with E-state index >= 15 is 0 Å². The van der Waals surface area contributed by atoms with Gasteiger partial charge in [-0.05, 0) is 41.5 Å². The molecule has 2 rings (SSSR count). The van der Waals surface area contributed by atoms with E-state index in [0.717, 1.165) is 15.6 Å². The summed E-state index contributed by atoms with van der Waals surface area (Å²) in [5.74, 6) is 0.192. The van der Waals surface area contributed by atoms with Crippen molar-refractivity contribution in [2.24, 2.45) is 0 Å². The van der Waals surface area contributed by atoms with Crippen LogP contribution in [0, 0.1) is 11.3 Å². The van der Waals surface area contributed by atoms with Crippen molar-refractivity contribution in [1.82, 2.24) is 0 Å². The lowest BCUT2D eigenvalue weighted by atomic mass is 10.0. The van der Waals surface area contributed by atoms with Gasteiger partial charge in [0.25, 0.3) is 0 Å². The topological polar surface area (TPSA) is 44.0 Å². The van der Waals surface area contributed by atoms with Gasteiger partial charge < -0.3 is 5.11 Å². The van der Waals surface area contributed by atoms with Crippen LogP contribution in [-0.4, -0.2) is 5.11 Å². The van der Waals surface area contributed by atoms with Crippen LogP contribution in [0.25, 0.3) is 11.6 Å². The average Bonchev–Trinajstić information content (AvgIpc) is 2.37. The first-order valence-corrected chi connectivity index (χ1v) is 6.15. The molecule has 0 amide bonds. The second-order valence-corrected chi connectivity index (χ2v) is 4.69. The lowest BCUT2D eigenvalue weighted by molar-refractivity contribution is 0.475. The molecule has 0 spiro atoms. The Bertz CT molecular complexity index is 624. The molecule has 0 saturated carbocycles. The van der Waals surface area contributed by atoms with E-state index in [1.165, 1.54) is 0 Å². The fourth-order valence-corrected chi connectivity index (χ4v) is 1.86. The van der Waals surface area contributed by atoms with Crippen LogP contribution >= 0.6 is 15.9 Å². The van der Waals surface area contributed by atoms with Gasteiger partial charge in [0.2, 0.25) is 0 Å². The SMILES string of the molecule is N#C/C(=C/c1cccc(O)c1)c1ccc(Br)cc1. The number of rotatable bonds is 2. The van der Waals surface area contributed by atoms with E-state index in [9.17, 15) is 10.4 Å². The van der Waals surface area contributed by atoms with E-state index in [2.05, 4.69) is 22.0 Å². The van der Waals surface area contributed by atoms with Gasteiger partial charge in [-0.3, -0.25) is 0 Å². The second kappa shape index (κ2) is 5.52. The molecule has 0 radical (unpaired) electrons. The summed E-state index contributed by atoms with van der Waals surface area (Å²) in [6.45, 7) is 0. The molecule has 0 saturated heterocycles. The van der Waals surface area contributed by atoms with Crippen molar-refractivity contribution in [3.05, 3.63) is 64.1 Å². The van der Waals surface area contributed by atoms with Crippen molar-refractivity contribution in [3.8, 4) is 11.8 Å². The molecule has 2 aromatic carbocycles. The van der Waals surface area contributed by atoms with Gasteiger partial charge in [-0.1, -0.05) is 40.2 Å². The predicted octanol–water partition coefficient (Wildman–Crippen LogP) is 4.22. The number of allylic oxidation sites excluding steroid dienone is 1. The highest BCUT2D eigenvalue weighted by Crippen LogP contribution is 2.21. The maximum absolute atomic E-state index is 9.39. The number of nitriles is 1. The Morgan fingerprint density at radius 3 is 2.50 bits per heavy atom. The van der Waals surface area contributed by atoms with Crippen LogP contribution in [0.4, 0.5) is 0 Å². The Morgan fingerprint density at radius 1 is 1.17 bits per heavy atom. The Labute approximate surface area is 114 Å². The van der Waals surface area contributed by atoms with E-state index in [0.29, 0.717) is 5.57 Å². The average molecular weight is 300 g/mol. The zero-order chi connectivity index (χ0) is 13.0. The Balaban J connectivity index is 2.40. The van der Waals surface area contributed by atoms with Crippen molar-refractivity contribution >= 4 is 27.6 Å². The molecular weight excluding hydrogens is 290 g/mol. The quantitative estimate of drug-likeness (QED) is 0.666. The molecule has 3 heteroatoms. The number of aromatic hydroxyl groups is 1. The highest BCUT2D eigenvalue weighted by molar-refractivity contribution is 9.10.